The van der Waals surface area contributed by atoms with E-state index in [4.69, 9.17) is 45.0 Å². The fraction of sp³-hybridized carbons (Fsp3) is 0.125. The van der Waals surface area contributed by atoms with E-state index in [-0.39, 0.29) is 28.3 Å². The van der Waals surface area contributed by atoms with Crippen molar-refractivity contribution in [2.24, 2.45) is 0 Å². The van der Waals surface area contributed by atoms with Crippen LogP contribution >= 0.6 is 45.8 Å². The largest absolute Gasteiger partial charge is 1.00 e. The van der Waals surface area contributed by atoms with Crippen molar-refractivity contribution < 1.29 is 36.1 Å². The number of carbonyl (C=O) groups excluding carboxylic acids is 2. The molecule has 0 aliphatic heterocycles. The second-order valence-corrected chi connectivity index (χ2v) is 11.6. The molecule has 48 heavy (non-hydrogen) atoms. The first-order valence-corrected chi connectivity index (χ1v) is 15.2. The molecule has 4 aromatic heterocycles. The standard InChI is InChI=1S/C16H11ClN4O2.C15H11ClIN3O2.CN.Cu/c1-23-16(22)15-12(6-18)9-21(20-15)8-10-2-3-14-11(4-10)5-13(17)7-19-14;1-22-15(21)14-12(17)8-20(19-14)7-9-2-3-13-10(4-9)5-11(16)6-18-13;1-2;/h2-5,7,9H,8H2,1H3;2-6,8H,7H2,1H3;;/q;;-1;+1. The molecule has 0 atom stereocenters. The summed E-state index contributed by atoms with van der Waals surface area (Å²) in [6.45, 7) is 5.71. The van der Waals surface area contributed by atoms with Crippen LogP contribution in [0.15, 0.2) is 73.3 Å². The average molecular weight is 844 g/mol. The molecule has 16 heteroatoms. The van der Waals surface area contributed by atoms with Gasteiger partial charge in [0.2, 0.25) is 0 Å². The van der Waals surface area contributed by atoms with Crippen molar-refractivity contribution in [1.29, 1.82) is 10.5 Å². The van der Waals surface area contributed by atoms with Gasteiger partial charge in [0.25, 0.3) is 0 Å². The van der Waals surface area contributed by atoms with Crippen LogP contribution in [-0.4, -0.2) is 55.7 Å². The van der Waals surface area contributed by atoms with Gasteiger partial charge in [0.05, 0.1) is 52.0 Å². The summed E-state index contributed by atoms with van der Waals surface area (Å²) in [4.78, 5) is 31.7. The van der Waals surface area contributed by atoms with Crippen molar-refractivity contribution in [3.63, 3.8) is 0 Å². The molecule has 0 spiro atoms. The van der Waals surface area contributed by atoms with E-state index in [1.807, 2.05) is 60.8 Å². The minimum absolute atomic E-state index is 0. The van der Waals surface area contributed by atoms with E-state index in [0.717, 1.165) is 36.5 Å². The third-order valence-corrected chi connectivity index (χ3v) is 7.67. The Kier molecular flexibility index (Phi) is 13.8. The van der Waals surface area contributed by atoms with Crippen LogP contribution in [0.25, 0.3) is 21.8 Å². The van der Waals surface area contributed by atoms with Crippen molar-refractivity contribution in [2.75, 3.05) is 14.2 Å². The second-order valence-electron chi connectivity index (χ2n) is 9.57. The second kappa shape index (κ2) is 17.5. The zero-order valence-corrected chi connectivity index (χ0v) is 29.6. The van der Waals surface area contributed by atoms with Gasteiger partial charge in [-0.05, 0) is 70.1 Å². The Morgan fingerprint density at radius 2 is 1.27 bits per heavy atom. The number of ether oxygens (including phenoxy) is 2. The predicted octanol–water partition coefficient (Wildman–Crippen LogP) is 6.41. The number of fused-ring (bicyclic) bond motifs is 2. The summed E-state index contributed by atoms with van der Waals surface area (Å²) >= 11 is 14.0. The van der Waals surface area contributed by atoms with Gasteiger partial charge in [-0.3, -0.25) is 19.3 Å². The number of halogens is 3. The maximum Gasteiger partial charge on any atom is 1.00 e. The van der Waals surface area contributed by atoms with E-state index in [9.17, 15) is 9.59 Å². The Morgan fingerprint density at radius 3 is 1.75 bits per heavy atom. The van der Waals surface area contributed by atoms with Crippen LogP contribution in [-0.2, 0) is 39.6 Å². The number of carbonyl (C=O) groups is 2. The summed E-state index contributed by atoms with van der Waals surface area (Å²) in [6, 6.07) is 17.3. The fourth-order valence-electron chi connectivity index (χ4n) is 4.42. The molecular weight excluding hydrogens is 822 g/mol. The van der Waals surface area contributed by atoms with Gasteiger partial charge in [0.15, 0.2) is 11.4 Å². The molecule has 6 rings (SSSR count). The van der Waals surface area contributed by atoms with Crippen LogP contribution in [0, 0.1) is 26.7 Å². The Hall–Kier alpha value is -4.57. The van der Waals surface area contributed by atoms with Gasteiger partial charge in [-0.25, -0.2) is 9.59 Å². The molecule has 6 aromatic rings. The summed E-state index contributed by atoms with van der Waals surface area (Å²) in [7, 11) is 2.60. The number of nitrogens with zero attached hydrogens (tertiary/aromatic N) is 8. The van der Waals surface area contributed by atoms with Gasteiger partial charge < -0.3 is 21.3 Å². The number of pyridine rings is 2. The Bertz CT molecular complexity index is 2160. The topological polar surface area (TPSA) is 162 Å². The molecule has 0 N–H and O–H groups in total. The quantitative estimate of drug-likeness (QED) is 0.0793. The van der Waals surface area contributed by atoms with Crippen LogP contribution in [0.1, 0.15) is 37.7 Å². The van der Waals surface area contributed by atoms with Gasteiger partial charge in [-0.2, -0.15) is 15.5 Å². The van der Waals surface area contributed by atoms with Gasteiger partial charge in [-0.1, -0.05) is 35.3 Å². The minimum Gasteiger partial charge on any atom is -0.512 e. The zero-order chi connectivity index (χ0) is 34.1. The molecule has 246 valence electrons. The first-order valence-electron chi connectivity index (χ1n) is 13.3. The molecule has 0 saturated heterocycles. The molecule has 12 nitrogen and oxygen atoms in total. The van der Waals surface area contributed by atoms with Gasteiger partial charge in [0, 0.05) is 35.6 Å². The number of esters is 2. The average Bonchev–Trinajstić information content (AvgIpc) is 3.67. The number of nitriles is 1. The van der Waals surface area contributed by atoms with E-state index in [2.05, 4.69) is 47.5 Å². The molecule has 0 radical (unpaired) electrons. The van der Waals surface area contributed by atoms with Crippen molar-refractivity contribution >= 4 is 79.5 Å². The fourth-order valence-corrected chi connectivity index (χ4v) is 5.41. The third kappa shape index (κ3) is 9.28. The summed E-state index contributed by atoms with van der Waals surface area (Å²) < 4.78 is 13.3. The minimum atomic E-state index is -0.630. The smallest absolute Gasteiger partial charge is 0.512 e. The van der Waals surface area contributed by atoms with E-state index >= 15 is 0 Å². The van der Waals surface area contributed by atoms with Crippen LogP contribution < -0.4 is 0 Å². The van der Waals surface area contributed by atoms with E-state index in [1.165, 1.54) is 25.1 Å². The van der Waals surface area contributed by atoms with Crippen LogP contribution in [0.3, 0.4) is 0 Å². The van der Waals surface area contributed by atoms with Crippen LogP contribution in [0.5, 0.6) is 0 Å². The van der Waals surface area contributed by atoms with Crippen molar-refractivity contribution in [1.82, 2.24) is 29.5 Å². The van der Waals surface area contributed by atoms with Crippen molar-refractivity contribution in [3.8, 4) is 6.07 Å². The number of methoxy groups -OCH3 is 2. The summed E-state index contributed by atoms with van der Waals surface area (Å²) in [5.41, 5.74) is 4.25. The molecule has 0 aliphatic rings. The van der Waals surface area contributed by atoms with Crippen LogP contribution in [0.4, 0.5) is 0 Å². The van der Waals surface area contributed by atoms with E-state index in [0.29, 0.717) is 28.8 Å². The molecular formula is C32H22Cl2CuIN8O4. The molecule has 0 unspecified atom stereocenters. The monoisotopic (exact) mass is 842 g/mol. The van der Waals surface area contributed by atoms with Gasteiger partial charge in [-0.15, -0.1) is 0 Å². The normalized spacial score (nSPS) is 10.0. The number of aromatic nitrogens is 6. The number of rotatable bonds is 6. The number of hydrogen-bond donors (Lipinski definition) is 0. The summed E-state index contributed by atoms with van der Waals surface area (Å²) in [5, 5.41) is 26.8. The Labute approximate surface area is 308 Å². The summed E-state index contributed by atoms with van der Waals surface area (Å²) in [5.74, 6) is -1.06. The SMILES string of the molecule is COC(=O)c1nn(Cc2ccc3ncc(Cl)cc3c2)cc1C#N.COC(=O)c1nn(Cc2ccc3ncc(Cl)cc3c2)cc1I.[C-]#N.[Cu+]. The summed E-state index contributed by atoms with van der Waals surface area (Å²) in [6.07, 6.45) is 6.56. The molecule has 0 saturated carbocycles. The maximum atomic E-state index is 11.6. The molecule has 0 aliphatic carbocycles. The predicted molar refractivity (Wildman–Crippen MR) is 181 cm³/mol. The molecule has 0 fully saturated rings. The molecule has 0 amide bonds. The van der Waals surface area contributed by atoms with E-state index < -0.39 is 11.9 Å². The zero-order valence-electron chi connectivity index (χ0n) is 25.0. The van der Waals surface area contributed by atoms with Crippen molar-refractivity contribution in [2.45, 2.75) is 13.1 Å². The van der Waals surface area contributed by atoms with Crippen LogP contribution in [0.2, 0.25) is 10.0 Å². The first-order chi connectivity index (χ1) is 22.7. The third-order valence-electron chi connectivity index (χ3n) is 6.47. The molecule has 0 bridgehead atoms. The van der Waals surface area contributed by atoms with Crippen molar-refractivity contribution in [3.05, 3.63) is 122 Å². The number of benzene rings is 2. The first kappa shape index (κ1) is 37.9. The Morgan fingerprint density at radius 1 is 0.812 bits per heavy atom. The Balaban J connectivity index is 0.000000243. The maximum absolute atomic E-state index is 11.6. The van der Waals surface area contributed by atoms with E-state index in [1.54, 1.807) is 17.1 Å². The molecule has 4 heterocycles. The van der Waals surface area contributed by atoms with Gasteiger partial charge in [0.1, 0.15) is 11.6 Å². The van der Waals surface area contributed by atoms with Gasteiger partial charge >= 0.3 is 29.0 Å². The number of hydrogen-bond acceptors (Lipinski definition) is 10. The molecule has 2 aromatic carbocycles.